The lowest BCUT2D eigenvalue weighted by Gasteiger charge is -2.26. The van der Waals surface area contributed by atoms with Crippen LogP contribution in [0.5, 0.6) is 5.75 Å². The number of ether oxygens (including phenoxy) is 1. The summed E-state index contributed by atoms with van der Waals surface area (Å²) in [5, 5.41) is 11.1. The Morgan fingerprint density at radius 2 is 1.89 bits per heavy atom. The molecule has 0 aliphatic rings. The van der Waals surface area contributed by atoms with Gasteiger partial charge in [0.1, 0.15) is 5.75 Å². The number of hydrogen-bond donors (Lipinski definition) is 1. The molecule has 1 rings (SSSR count). The topological polar surface area (TPSA) is 62.1 Å². The summed E-state index contributed by atoms with van der Waals surface area (Å²) in [4.78, 5) is 11.0. The summed E-state index contributed by atoms with van der Waals surface area (Å²) in [7, 11) is 1.66. The van der Waals surface area contributed by atoms with E-state index in [1.54, 1.807) is 13.2 Å². The van der Waals surface area contributed by atoms with Gasteiger partial charge >= 0.3 is 5.91 Å². The van der Waals surface area contributed by atoms with E-state index in [0.717, 1.165) is 22.4 Å². The van der Waals surface area contributed by atoms with E-state index in [1.165, 1.54) is 0 Å². The van der Waals surface area contributed by atoms with E-state index in [9.17, 15) is 4.79 Å². The molecule has 19 heavy (non-hydrogen) atoms. The van der Waals surface area contributed by atoms with Crippen LogP contribution in [0, 0.1) is 25.2 Å². The van der Waals surface area contributed by atoms with Gasteiger partial charge < -0.3 is 10.1 Å². The van der Waals surface area contributed by atoms with Crippen molar-refractivity contribution in [3.05, 3.63) is 28.8 Å². The predicted molar refractivity (Wildman–Crippen MR) is 74.1 cm³/mol. The molecule has 4 heteroatoms. The summed E-state index contributed by atoms with van der Waals surface area (Å²) in [5.74, 6) is 0.288. The summed E-state index contributed by atoms with van der Waals surface area (Å²) in [6.07, 6.45) is 0. The number of carbonyl (C=O) groups is 1. The van der Waals surface area contributed by atoms with Crippen LogP contribution in [0.25, 0.3) is 0 Å². The minimum Gasteiger partial charge on any atom is -0.496 e. The fourth-order valence-corrected chi connectivity index (χ4v) is 2.11. The van der Waals surface area contributed by atoms with Crippen LogP contribution in [-0.2, 0) is 10.2 Å². The average Bonchev–Trinajstić information content (AvgIpc) is 2.35. The molecule has 1 aromatic carbocycles. The molecule has 1 aromatic rings. The van der Waals surface area contributed by atoms with Crippen molar-refractivity contribution in [2.45, 2.75) is 33.1 Å². The number of nitriles is 1. The first kappa shape index (κ1) is 15.0. The minimum atomic E-state index is -0.602. The van der Waals surface area contributed by atoms with Gasteiger partial charge in [-0.1, -0.05) is 26.0 Å². The molecule has 0 bridgehead atoms. The Morgan fingerprint density at radius 3 is 2.32 bits per heavy atom. The van der Waals surface area contributed by atoms with Crippen molar-refractivity contribution in [2.24, 2.45) is 0 Å². The number of rotatable bonds is 4. The largest absolute Gasteiger partial charge is 0.496 e. The van der Waals surface area contributed by atoms with Crippen LogP contribution in [-0.4, -0.2) is 19.6 Å². The third-order valence-electron chi connectivity index (χ3n) is 3.24. The Hall–Kier alpha value is -2.02. The maximum atomic E-state index is 11.0. The first-order chi connectivity index (χ1) is 8.81. The van der Waals surface area contributed by atoms with Gasteiger partial charge in [0, 0.05) is 12.0 Å². The molecule has 0 saturated heterocycles. The lowest BCUT2D eigenvalue weighted by Crippen LogP contribution is -2.36. The zero-order valence-electron chi connectivity index (χ0n) is 12.1. The number of carbonyl (C=O) groups excluding carboxylic acids is 1. The van der Waals surface area contributed by atoms with E-state index in [1.807, 2.05) is 27.7 Å². The first-order valence-corrected chi connectivity index (χ1v) is 6.15. The summed E-state index contributed by atoms with van der Waals surface area (Å²) in [5.41, 5.74) is 3.00. The molecule has 0 heterocycles. The van der Waals surface area contributed by atoms with Gasteiger partial charge in [0.15, 0.2) is 6.07 Å². The Kier molecular flexibility index (Phi) is 4.55. The average molecular weight is 260 g/mol. The molecule has 0 fully saturated rings. The number of nitrogens with one attached hydrogen (secondary N) is 1. The van der Waals surface area contributed by atoms with E-state index in [4.69, 9.17) is 10.00 Å². The van der Waals surface area contributed by atoms with Crippen LogP contribution in [0.15, 0.2) is 12.1 Å². The van der Waals surface area contributed by atoms with Crippen LogP contribution in [0.4, 0.5) is 0 Å². The van der Waals surface area contributed by atoms with Gasteiger partial charge in [0.25, 0.3) is 0 Å². The van der Waals surface area contributed by atoms with Crippen molar-refractivity contribution in [2.75, 3.05) is 13.7 Å². The van der Waals surface area contributed by atoms with Crippen LogP contribution >= 0.6 is 0 Å². The molecule has 0 spiro atoms. The van der Waals surface area contributed by atoms with Crippen molar-refractivity contribution in [3.8, 4) is 11.8 Å². The molecule has 4 nitrogen and oxygen atoms in total. The molecule has 0 aliphatic heterocycles. The normalized spacial score (nSPS) is 10.7. The van der Waals surface area contributed by atoms with Gasteiger partial charge in [-0.3, -0.25) is 4.79 Å². The van der Waals surface area contributed by atoms with Gasteiger partial charge in [0.2, 0.25) is 0 Å². The van der Waals surface area contributed by atoms with Gasteiger partial charge in [-0.2, -0.15) is 5.26 Å². The number of aryl methyl sites for hydroxylation is 2. The molecular weight excluding hydrogens is 240 g/mol. The van der Waals surface area contributed by atoms with Crippen LogP contribution in [0.3, 0.4) is 0 Å². The molecule has 0 aromatic heterocycles. The molecule has 1 N–H and O–H groups in total. The van der Waals surface area contributed by atoms with E-state index < -0.39 is 5.91 Å². The highest BCUT2D eigenvalue weighted by atomic mass is 16.5. The minimum absolute atomic E-state index is 0.242. The Balaban J connectivity index is 3.02. The predicted octanol–water partition coefficient (Wildman–Crippen LogP) is 2.23. The lowest BCUT2D eigenvalue weighted by molar-refractivity contribution is -0.116. The van der Waals surface area contributed by atoms with E-state index in [-0.39, 0.29) is 5.41 Å². The quantitative estimate of drug-likeness (QED) is 0.844. The second kappa shape index (κ2) is 5.75. The first-order valence-electron chi connectivity index (χ1n) is 6.15. The number of benzene rings is 1. The summed E-state index contributed by atoms with van der Waals surface area (Å²) < 4.78 is 5.35. The SMILES string of the molecule is COc1c(C)cc(C(C)(C)CNC(=O)C#N)cc1C. The second-order valence-electron chi connectivity index (χ2n) is 5.32. The van der Waals surface area contributed by atoms with Gasteiger partial charge in [-0.25, -0.2) is 0 Å². The van der Waals surface area contributed by atoms with Crippen molar-refractivity contribution in [1.82, 2.24) is 5.32 Å². The zero-order valence-corrected chi connectivity index (χ0v) is 12.1. The van der Waals surface area contributed by atoms with Gasteiger partial charge in [-0.05, 0) is 30.5 Å². The van der Waals surface area contributed by atoms with Crippen LogP contribution < -0.4 is 10.1 Å². The summed E-state index contributed by atoms with van der Waals surface area (Å²) >= 11 is 0. The highest BCUT2D eigenvalue weighted by molar-refractivity contribution is 5.91. The highest BCUT2D eigenvalue weighted by Gasteiger charge is 2.23. The monoisotopic (exact) mass is 260 g/mol. The van der Waals surface area contributed by atoms with Crippen LogP contribution in [0.2, 0.25) is 0 Å². The molecule has 0 unspecified atom stereocenters. The molecule has 102 valence electrons. The Labute approximate surface area is 114 Å². The molecule has 0 aliphatic carbocycles. The van der Waals surface area contributed by atoms with Gasteiger partial charge in [-0.15, -0.1) is 0 Å². The van der Waals surface area contributed by atoms with Crippen molar-refractivity contribution in [3.63, 3.8) is 0 Å². The molecule has 0 saturated carbocycles. The standard InChI is InChI=1S/C15H20N2O2/c1-10-6-12(7-11(2)14(10)19-5)15(3,4)9-17-13(18)8-16/h6-7H,9H2,1-5H3,(H,17,18). The zero-order chi connectivity index (χ0) is 14.6. The summed E-state index contributed by atoms with van der Waals surface area (Å²) in [6.45, 7) is 8.49. The van der Waals surface area contributed by atoms with Crippen molar-refractivity contribution < 1.29 is 9.53 Å². The molecule has 0 atom stereocenters. The second-order valence-corrected chi connectivity index (χ2v) is 5.32. The van der Waals surface area contributed by atoms with Crippen molar-refractivity contribution >= 4 is 5.91 Å². The molecular formula is C15H20N2O2. The highest BCUT2D eigenvalue weighted by Crippen LogP contribution is 2.30. The van der Waals surface area contributed by atoms with Gasteiger partial charge in [0.05, 0.1) is 7.11 Å². The van der Waals surface area contributed by atoms with Crippen molar-refractivity contribution in [1.29, 1.82) is 5.26 Å². The van der Waals surface area contributed by atoms with E-state index >= 15 is 0 Å². The Morgan fingerprint density at radius 1 is 1.37 bits per heavy atom. The third kappa shape index (κ3) is 3.47. The van der Waals surface area contributed by atoms with Crippen LogP contribution in [0.1, 0.15) is 30.5 Å². The number of amides is 1. The lowest BCUT2D eigenvalue weighted by atomic mass is 9.82. The third-order valence-corrected chi connectivity index (χ3v) is 3.24. The van der Waals surface area contributed by atoms with E-state index in [0.29, 0.717) is 6.54 Å². The fraction of sp³-hybridized carbons (Fsp3) is 0.467. The molecule has 1 amide bonds. The summed E-state index contributed by atoms with van der Waals surface area (Å²) in [6, 6.07) is 5.68. The number of methoxy groups -OCH3 is 1. The smallest absolute Gasteiger partial charge is 0.322 e. The Bertz CT molecular complexity index is 504. The molecule has 0 radical (unpaired) electrons. The maximum absolute atomic E-state index is 11.0. The fourth-order valence-electron chi connectivity index (χ4n) is 2.11. The maximum Gasteiger partial charge on any atom is 0.322 e. The van der Waals surface area contributed by atoms with E-state index in [2.05, 4.69) is 17.4 Å². The number of nitrogens with zero attached hydrogens (tertiary/aromatic N) is 1. The number of hydrogen-bond acceptors (Lipinski definition) is 3.